The van der Waals surface area contributed by atoms with Gasteiger partial charge >= 0.3 is 0 Å². The van der Waals surface area contributed by atoms with Crippen LogP contribution in [0.5, 0.6) is 11.6 Å². The third-order valence-electron chi connectivity index (χ3n) is 6.65. The number of carbonyl (C=O) groups excluding carboxylic acids is 1. The fourth-order valence-electron chi connectivity index (χ4n) is 4.83. The van der Waals surface area contributed by atoms with E-state index in [0.717, 1.165) is 50.5 Å². The molecule has 4 heterocycles. The largest absolute Gasteiger partial charge is 0.439 e. The lowest BCUT2D eigenvalue weighted by Crippen LogP contribution is -2.11. The molecule has 1 amide bonds. The van der Waals surface area contributed by atoms with Crippen molar-refractivity contribution >= 4 is 28.4 Å². The van der Waals surface area contributed by atoms with Gasteiger partial charge in [-0.3, -0.25) is 4.79 Å². The Hall–Kier alpha value is -4.98. The first kappa shape index (κ1) is 23.4. The van der Waals surface area contributed by atoms with Crippen molar-refractivity contribution in [3.63, 3.8) is 0 Å². The standard InChI is InChI=1S/C30H26N6O2/c1-17(2)30(37)35-21-10-8-19(9-11-21)27-25-23-13-12-22(38-24-7-5-6-18(3)34-24)14-20(23)15-31-28-26(25)29(36(27)4)33-16-32-28/h5-14,16H,1,15H2,2-4H3,(H,35,37)(H,31,32,33). The van der Waals surface area contributed by atoms with Gasteiger partial charge in [0.15, 0.2) is 0 Å². The molecule has 0 fully saturated rings. The van der Waals surface area contributed by atoms with Crippen LogP contribution in [0.15, 0.2) is 79.1 Å². The molecular weight excluding hydrogens is 476 g/mol. The van der Waals surface area contributed by atoms with Gasteiger partial charge in [-0.05, 0) is 60.9 Å². The highest BCUT2D eigenvalue weighted by molar-refractivity contribution is 6.09. The third-order valence-corrected chi connectivity index (χ3v) is 6.65. The van der Waals surface area contributed by atoms with Crippen molar-refractivity contribution in [2.45, 2.75) is 20.4 Å². The molecule has 2 aromatic carbocycles. The lowest BCUT2D eigenvalue weighted by atomic mass is 9.95. The summed E-state index contributed by atoms with van der Waals surface area (Å²) in [5, 5.41) is 7.33. The molecule has 1 aliphatic heterocycles. The van der Waals surface area contributed by atoms with Crippen LogP contribution in [0.1, 0.15) is 18.2 Å². The van der Waals surface area contributed by atoms with Crippen molar-refractivity contribution in [1.82, 2.24) is 19.5 Å². The van der Waals surface area contributed by atoms with Crippen molar-refractivity contribution in [2.75, 3.05) is 10.6 Å². The summed E-state index contributed by atoms with van der Waals surface area (Å²) in [6.45, 7) is 7.92. The number of ether oxygens (including phenoxy) is 1. The van der Waals surface area contributed by atoms with Gasteiger partial charge < -0.3 is 19.9 Å². The van der Waals surface area contributed by atoms with E-state index in [2.05, 4.69) is 42.8 Å². The molecule has 3 aromatic heterocycles. The van der Waals surface area contributed by atoms with E-state index in [1.54, 1.807) is 13.3 Å². The van der Waals surface area contributed by atoms with Gasteiger partial charge in [0, 0.05) is 42.2 Å². The average molecular weight is 503 g/mol. The van der Waals surface area contributed by atoms with Crippen LogP contribution < -0.4 is 15.4 Å². The predicted molar refractivity (Wildman–Crippen MR) is 149 cm³/mol. The van der Waals surface area contributed by atoms with Gasteiger partial charge in [0.25, 0.3) is 5.91 Å². The van der Waals surface area contributed by atoms with Crippen LogP contribution in [0, 0.1) is 6.92 Å². The van der Waals surface area contributed by atoms with E-state index in [-0.39, 0.29) is 5.91 Å². The number of hydrogen-bond donors (Lipinski definition) is 2. The zero-order chi connectivity index (χ0) is 26.4. The van der Waals surface area contributed by atoms with Crippen LogP contribution in [0.25, 0.3) is 33.4 Å². The maximum Gasteiger partial charge on any atom is 0.250 e. The molecule has 6 rings (SSSR count). The van der Waals surface area contributed by atoms with Crippen molar-refractivity contribution in [3.05, 3.63) is 90.4 Å². The number of anilines is 2. The Morgan fingerprint density at radius 3 is 2.68 bits per heavy atom. The van der Waals surface area contributed by atoms with Crippen LogP contribution in [0.2, 0.25) is 0 Å². The quantitative estimate of drug-likeness (QED) is 0.276. The van der Waals surface area contributed by atoms with Gasteiger partial charge in [-0.25, -0.2) is 15.0 Å². The van der Waals surface area contributed by atoms with Gasteiger partial charge in [0.1, 0.15) is 23.5 Å². The minimum atomic E-state index is -0.201. The molecule has 0 bridgehead atoms. The molecule has 2 N–H and O–H groups in total. The van der Waals surface area contributed by atoms with E-state index in [0.29, 0.717) is 29.4 Å². The second-order valence-corrected chi connectivity index (χ2v) is 9.41. The van der Waals surface area contributed by atoms with E-state index < -0.39 is 0 Å². The number of aryl methyl sites for hydroxylation is 2. The van der Waals surface area contributed by atoms with Crippen LogP contribution in [0.4, 0.5) is 11.5 Å². The smallest absolute Gasteiger partial charge is 0.250 e. The Bertz CT molecular complexity index is 1740. The summed E-state index contributed by atoms with van der Waals surface area (Å²) < 4.78 is 8.18. The van der Waals surface area contributed by atoms with Crippen LogP contribution in [0.3, 0.4) is 0 Å². The minimum absolute atomic E-state index is 0.201. The number of amides is 1. The first-order valence-corrected chi connectivity index (χ1v) is 12.3. The van der Waals surface area contributed by atoms with Gasteiger partial charge in [0.05, 0.1) is 11.1 Å². The molecule has 5 aromatic rings. The maximum absolute atomic E-state index is 12.1. The lowest BCUT2D eigenvalue weighted by Gasteiger charge is -2.14. The monoisotopic (exact) mass is 502 g/mol. The van der Waals surface area contributed by atoms with Crippen molar-refractivity contribution in [1.29, 1.82) is 0 Å². The normalized spacial score (nSPS) is 11.9. The molecule has 8 nitrogen and oxygen atoms in total. The Morgan fingerprint density at radius 1 is 1.11 bits per heavy atom. The van der Waals surface area contributed by atoms with E-state index in [1.807, 2.05) is 68.6 Å². The van der Waals surface area contributed by atoms with Gasteiger partial charge in [-0.15, -0.1) is 0 Å². The number of benzene rings is 2. The van der Waals surface area contributed by atoms with Gasteiger partial charge in [-0.1, -0.05) is 30.8 Å². The first-order chi connectivity index (χ1) is 18.4. The van der Waals surface area contributed by atoms with E-state index in [9.17, 15) is 4.79 Å². The molecule has 8 heteroatoms. The second-order valence-electron chi connectivity index (χ2n) is 9.41. The SMILES string of the molecule is C=C(C)C(=O)Nc1ccc(-c2c3c4c(ncnc4n2C)NCc2cc(Oc4cccc(C)n4)ccc2-3)cc1. The molecule has 0 atom stereocenters. The van der Waals surface area contributed by atoms with Gasteiger partial charge in [-0.2, -0.15) is 0 Å². The average Bonchev–Trinajstić information content (AvgIpc) is 3.10. The summed E-state index contributed by atoms with van der Waals surface area (Å²) in [5.41, 5.74) is 8.12. The molecule has 1 aliphatic rings. The molecule has 0 radical (unpaired) electrons. The number of nitrogens with one attached hydrogen (secondary N) is 2. The summed E-state index contributed by atoms with van der Waals surface area (Å²) in [7, 11) is 2.01. The number of nitrogens with zero attached hydrogens (tertiary/aromatic N) is 4. The Morgan fingerprint density at radius 2 is 1.92 bits per heavy atom. The number of aromatic nitrogens is 4. The highest BCUT2D eigenvalue weighted by atomic mass is 16.5. The van der Waals surface area contributed by atoms with Crippen LogP contribution >= 0.6 is 0 Å². The molecule has 0 unspecified atom stereocenters. The molecule has 0 saturated heterocycles. The highest BCUT2D eigenvalue weighted by Gasteiger charge is 2.26. The molecule has 0 spiro atoms. The van der Waals surface area contributed by atoms with E-state index >= 15 is 0 Å². The number of carbonyl (C=O) groups is 1. The number of hydrogen-bond acceptors (Lipinski definition) is 6. The Balaban J connectivity index is 1.46. The van der Waals surface area contributed by atoms with Gasteiger partial charge in [0.2, 0.25) is 5.88 Å². The number of rotatable bonds is 5. The van der Waals surface area contributed by atoms with E-state index in [4.69, 9.17) is 4.74 Å². The maximum atomic E-state index is 12.1. The topological polar surface area (TPSA) is 94.0 Å². The minimum Gasteiger partial charge on any atom is -0.439 e. The second kappa shape index (κ2) is 9.15. The molecule has 188 valence electrons. The van der Waals surface area contributed by atoms with Crippen LogP contribution in [-0.2, 0) is 18.4 Å². The Kier molecular flexibility index (Phi) is 5.64. The zero-order valence-corrected chi connectivity index (χ0v) is 21.4. The fraction of sp³-hybridized carbons (Fsp3) is 0.133. The molecule has 0 aliphatic carbocycles. The summed E-state index contributed by atoms with van der Waals surface area (Å²) in [6.07, 6.45) is 1.59. The summed E-state index contributed by atoms with van der Waals surface area (Å²) in [5.74, 6) is 1.86. The predicted octanol–water partition coefficient (Wildman–Crippen LogP) is 6.24. The number of pyridine rings is 1. The summed E-state index contributed by atoms with van der Waals surface area (Å²) in [4.78, 5) is 25.7. The fourth-order valence-corrected chi connectivity index (χ4v) is 4.83. The van der Waals surface area contributed by atoms with Crippen molar-refractivity contribution in [2.24, 2.45) is 7.05 Å². The van der Waals surface area contributed by atoms with E-state index in [1.165, 1.54) is 0 Å². The molecule has 38 heavy (non-hydrogen) atoms. The highest BCUT2D eigenvalue weighted by Crippen LogP contribution is 2.46. The summed E-state index contributed by atoms with van der Waals surface area (Å²) >= 11 is 0. The lowest BCUT2D eigenvalue weighted by molar-refractivity contribution is -0.112. The first-order valence-electron chi connectivity index (χ1n) is 12.3. The van der Waals surface area contributed by atoms with Crippen LogP contribution in [-0.4, -0.2) is 25.4 Å². The van der Waals surface area contributed by atoms with Crippen molar-refractivity contribution < 1.29 is 9.53 Å². The Labute approximate surface area is 220 Å². The van der Waals surface area contributed by atoms with Crippen molar-refractivity contribution in [3.8, 4) is 34.0 Å². The molecular formula is C30H26N6O2. The molecule has 0 saturated carbocycles. The number of fused-ring (bicyclic) bond motifs is 2. The zero-order valence-electron chi connectivity index (χ0n) is 21.4. The summed E-state index contributed by atoms with van der Waals surface area (Å²) in [6, 6.07) is 19.6. The third kappa shape index (κ3) is 4.06.